The Kier molecular flexibility index (Phi) is 20.2. The third-order valence-electron chi connectivity index (χ3n) is 1.22. The van der Waals surface area contributed by atoms with Gasteiger partial charge in [-0.2, -0.15) is 11.5 Å². The van der Waals surface area contributed by atoms with E-state index in [0.717, 1.165) is 0 Å². The molecule has 0 aliphatic rings. The van der Waals surface area contributed by atoms with Crippen molar-refractivity contribution in [2.24, 2.45) is 0 Å². The minimum absolute atomic E-state index is 0.115. The Labute approximate surface area is 131 Å². The molecule has 0 fully saturated rings. The van der Waals surface area contributed by atoms with Gasteiger partial charge in [0.2, 0.25) is 5.54 Å². The first-order chi connectivity index (χ1) is 8.22. The van der Waals surface area contributed by atoms with E-state index in [-0.39, 0.29) is 12.1 Å². The van der Waals surface area contributed by atoms with E-state index in [0.29, 0.717) is 18.0 Å². The third kappa shape index (κ3) is 29.9. The quantitative estimate of drug-likeness (QED) is 0.592. The second-order valence-electron chi connectivity index (χ2n) is 4.58. The summed E-state index contributed by atoms with van der Waals surface area (Å²) in [7, 11) is 8.36. The molecular formula is C12H22Cl2N2OPd. The summed E-state index contributed by atoms with van der Waals surface area (Å²) in [5, 5.41) is 9.07. The summed E-state index contributed by atoms with van der Waals surface area (Å²) in [5.41, 5.74) is -0.167. The molecule has 0 heterocycles. The summed E-state index contributed by atoms with van der Waals surface area (Å²) in [5.74, 6) is 0. The average Bonchev–Trinajstić information content (AvgIpc) is 2.28. The molecule has 0 bridgehead atoms. The number of aliphatic hydroxyl groups is 1. The molecule has 0 rings (SSSR count). The van der Waals surface area contributed by atoms with Crippen LogP contribution in [0.1, 0.15) is 27.2 Å². The average molecular weight is 388 g/mol. The molecule has 1 N–H and O–H groups in total. The summed E-state index contributed by atoms with van der Waals surface area (Å²) >= 11 is 7.93. The Bertz CT molecular complexity index is 245. The van der Waals surface area contributed by atoms with E-state index in [1.807, 2.05) is 39.8 Å². The Hall–Kier alpha value is 0.392. The van der Waals surface area contributed by atoms with Gasteiger partial charge in [0.25, 0.3) is 0 Å². The van der Waals surface area contributed by atoms with Gasteiger partial charge in [0.15, 0.2) is 0 Å². The summed E-state index contributed by atoms with van der Waals surface area (Å²) in [6.45, 7) is 13.0. The van der Waals surface area contributed by atoms with Gasteiger partial charge in [-0.25, -0.2) is 6.57 Å². The molecule has 3 nitrogen and oxygen atoms in total. The second-order valence-corrected chi connectivity index (χ2v) is 5.03. The van der Waals surface area contributed by atoms with E-state index in [9.17, 15) is 0 Å². The molecule has 0 saturated heterocycles. The van der Waals surface area contributed by atoms with Crippen molar-refractivity contribution in [3.05, 3.63) is 22.5 Å². The third-order valence-corrected chi connectivity index (χ3v) is 1.47. The van der Waals surface area contributed by atoms with Crippen LogP contribution in [-0.4, -0.2) is 42.8 Å². The van der Waals surface area contributed by atoms with E-state index in [1.54, 1.807) is 0 Å². The summed E-state index contributed by atoms with van der Waals surface area (Å²) in [6, 6.07) is 0. The number of rotatable bonds is 4. The zero-order valence-corrected chi connectivity index (χ0v) is 14.6. The van der Waals surface area contributed by atoms with E-state index >= 15 is 0 Å². The van der Waals surface area contributed by atoms with Gasteiger partial charge < -0.3 is 20.9 Å². The normalized spacial score (nSPS) is 10.9. The fourth-order valence-electron chi connectivity index (χ4n) is 0.525. The molecule has 0 saturated carbocycles. The van der Waals surface area contributed by atoms with Gasteiger partial charge in [-0.1, -0.05) is 0 Å². The van der Waals surface area contributed by atoms with E-state index < -0.39 is 0 Å². The molecule has 0 aliphatic heterocycles. The van der Waals surface area contributed by atoms with Crippen LogP contribution in [0.2, 0.25) is 0 Å². The fraction of sp³-hybridized carbons (Fsp3) is 0.750. The fourth-order valence-corrected chi connectivity index (χ4v) is 0.859. The van der Waals surface area contributed by atoms with Gasteiger partial charge in [0, 0.05) is 33.9 Å². The topological polar surface area (TPSA) is 27.8 Å². The van der Waals surface area contributed by atoms with E-state index in [1.165, 1.54) is 0 Å². The summed E-state index contributed by atoms with van der Waals surface area (Å²) in [6.07, 6.45) is 3.37. The Morgan fingerprint density at radius 3 is 2.00 bits per heavy atom. The van der Waals surface area contributed by atoms with Crippen LogP contribution in [0.5, 0.6) is 0 Å². The summed E-state index contributed by atoms with van der Waals surface area (Å²) in [4.78, 5) is 5.22. The van der Waals surface area contributed by atoms with Crippen LogP contribution in [0, 0.1) is 12.6 Å². The molecule has 0 radical (unpaired) electrons. The first kappa shape index (κ1) is 23.5. The Balaban J connectivity index is -0.000000241. The SMILES string of the molecule is CN(C)CC(Cl)=[C-]CCO.[C-]#[N+]C(C)(C)C.[Cl][Pd+]. The van der Waals surface area contributed by atoms with Crippen molar-refractivity contribution in [2.75, 3.05) is 27.2 Å². The Morgan fingerprint density at radius 2 is 1.78 bits per heavy atom. The van der Waals surface area contributed by atoms with Gasteiger partial charge in [-0.3, -0.25) is 0 Å². The molecule has 110 valence electrons. The molecule has 0 unspecified atom stereocenters. The molecule has 0 spiro atoms. The van der Waals surface area contributed by atoms with Gasteiger partial charge in [-0.15, -0.1) is 11.6 Å². The van der Waals surface area contributed by atoms with Crippen molar-refractivity contribution in [1.82, 2.24) is 4.90 Å². The maximum absolute atomic E-state index is 8.40. The number of nitrogens with zero attached hydrogens (tertiary/aromatic N) is 2. The predicted molar refractivity (Wildman–Crippen MR) is 75.1 cm³/mol. The zero-order chi connectivity index (χ0) is 15.2. The van der Waals surface area contributed by atoms with Crippen molar-refractivity contribution in [3.8, 4) is 0 Å². The number of hydrogen-bond donors (Lipinski definition) is 1. The number of hydrogen-bond acceptors (Lipinski definition) is 2. The molecule has 0 aromatic heterocycles. The van der Waals surface area contributed by atoms with Crippen LogP contribution in [0.15, 0.2) is 5.03 Å². The summed E-state index contributed by atoms with van der Waals surface area (Å²) < 4.78 is 0. The maximum atomic E-state index is 8.40. The van der Waals surface area contributed by atoms with Crippen molar-refractivity contribution in [2.45, 2.75) is 32.7 Å². The second kappa shape index (κ2) is 15.4. The number of aliphatic hydroxyl groups excluding tert-OH is 1. The van der Waals surface area contributed by atoms with Crippen molar-refractivity contribution in [3.63, 3.8) is 0 Å². The van der Waals surface area contributed by atoms with E-state index in [4.69, 9.17) is 23.3 Å². The molecule has 0 aromatic carbocycles. The van der Waals surface area contributed by atoms with Crippen molar-refractivity contribution < 1.29 is 23.3 Å². The van der Waals surface area contributed by atoms with Gasteiger partial charge >= 0.3 is 27.7 Å². The molecular weight excluding hydrogens is 365 g/mol. The standard InChI is InChI=1S/C7H13ClNO.C5H9N.ClH.Pd/c1-9(2)6-7(8)4-3-5-10;1-5(2,3)6-4;;/h10H,3,5-6H2,1-2H3;1-3H3;1H;/q-1;;;+2/p-1. The molecule has 18 heavy (non-hydrogen) atoms. The van der Waals surface area contributed by atoms with Gasteiger partial charge in [-0.05, 0) is 14.1 Å². The van der Waals surface area contributed by atoms with Crippen molar-refractivity contribution in [1.29, 1.82) is 0 Å². The molecule has 0 amide bonds. The van der Waals surface area contributed by atoms with Crippen LogP contribution in [0.3, 0.4) is 0 Å². The zero-order valence-electron chi connectivity index (χ0n) is 11.5. The minimum atomic E-state index is -0.167. The van der Waals surface area contributed by atoms with Gasteiger partial charge in [0.05, 0.1) is 0 Å². The molecule has 0 aromatic rings. The number of halogens is 2. The van der Waals surface area contributed by atoms with Crippen LogP contribution in [0.4, 0.5) is 0 Å². The first-order valence-electron chi connectivity index (χ1n) is 5.24. The molecule has 0 aliphatic carbocycles. The van der Waals surface area contributed by atoms with Crippen molar-refractivity contribution >= 4 is 21.1 Å². The van der Waals surface area contributed by atoms with E-state index in [2.05, 4.69) is 38.6 Å². The number of likely N-dealkylation sites (N-methyl/N-ethyl adjacent to an activating group) is 1. The van der Waals surface area contributed by atoms with Crippen LogP contribution in [-0.2, 0) is 18.2 Å². The molecule has 0 atom stereocenters. The van der Waals surface area contributed by atoms with Crippen LogP contribution >= 0.6 is 21.1 Å². The first-order valence-corrected chi connectivity index (χ1v) is 7.62. The monoisotopic (exact) mass is 386 g/mol. The van der Waals surface area contributed by atoms with Gasteiger partial charge in [0.1, 0.15) is 0 Å². The predicted octanol–water partition coefficient (Wildman–Crippen LogP) is 3.25. The Morgan fingerprint density at radius 1 is 1.39 bits per heavy atom. The van der Waals surface area contributed by atoms with Crippen LogP contribution < -0.4 is 0 Å². The van der Waals surface area contributed by atoms with Crippen LogP contribution in [0.25, 0.3) is 4.85 Å². The molecule has 6 heteroatoms.